The molecule has 1 aromatic heterocycles. The van der Waals surface area contributed by atoms with Crippen molar-refractivity contribution < 1.29 is 22.3 Å². The minimum atomic E-state index is -3.61. The van der Waals surface area contributed by atoms with Crippen molar-refractivity contribution in [1.29, 1.82) is 0 Å². The number of fused-ring (bicyclic) bond motifs is 1. The molecule has 2 N–H and O–H groups in total. The Hall–Kier alpha value is -2.93. The molecule has 0 amide bonds. The molecule has 0 radical (unpaired) electrons. The van der Waals surface area contributed by atoms with Crippen LogP contribution in [0.15, 0.2) is 60.9 Å². The zero-order valence-corrected chi connectivity index (χ0v) is 26.0. The summed E-state index contributed by atoms with van der Waals surface area (Å²) < 4.78 is 53.7. The lowest BCUT2D eigenvalue weighted by atomic mass is 10.2. The molecule has 1 aliphatic rings. The van der Waals surface area contributed by atoms with E-state index in [-0.39, 0.29) is 18.2 Å². The molecule has 1 fully saturated rings. The number of sulfonamides is 1. The predicted octanol–water partition coefficient (Wildman–Crippen LogP) is 7.82. The Morgan fingerprint density at radius 1 is 1.10 bits per heavy atom. The Morgan fingerprint density at radius 2 is 1.98 bits per heavy atom. The van der Waals surface area contributed by atoms with Crippen LogP contribution < -0.4 is 19.5 Å². The van der Waals surface area contributed by atoms with Gasteiger partial charge in [0.15, 0.2) is 0 Å². The highest BCUT2D eigenvalue weighted by atomic mass is 35.5. The first-order valence-electron chi connectivity index (χ1n) is 13.4. The number of ether oxygens (including phenoxy) is 2. The van der Waals surface area contributed by atoms with E-state index in [1.54, 1.807) is 42.5 Å². The highest BCUT2D eigenvalue weighted by molar-refractivity contribution is 8.77. The van der Waals surface area contributed by atoms with E-state index >= 15 is 0 Å². The SMILES string of the molecule is CCOc1cc2ncnc(Nc3ccc(OCc4cccc(F)c4)c(Cl)c3)c2cc1NS(=O)(=O)CCCC1CCSS1. The van der Waals surface area contributed by atoms with Gasteiger partial charge in [-0.2, -0.15) is 0 Å². The molecular formula is C29H30ClFN4O4S3. The molecule has 1 saturated heterocycles. The topological polar surface area (TPSA) is 102 Å². The summed E-state index contributed by atoms with van der Waals surface area (Å²) in [5.41, 5.74) is 2.23. The van der Waals surface area contributed by atoms with Crippen LogP contribution in [0.4, 0.5) is 21.6 Å². The zero-order valence-electron chi connectivity index (χ0n) is 22.8. The van der Waals surface area contributed by atoms with E-state index in [0.717, 1.165) is 18.6 Å². The average molecular weight is 649 g/mol. The van der Waals surface area contributed by atoms with Gasteiger partial charge < -0.3 is 14.8 Å². The zero-order chi connectivity index (χ0) is 29.5. The summed E-state index contributed by atoms with van der Waals surface area (Å²) in [7, 11) is 0.0889. The maximum Gasteiger partial charge on any atom is 0.232 e. The molecule has 3 aromatic carbocycles. The maximum absolute atomic E-state index is 13.5. The van der Waals surface area contributed by atoms with E-state index in [9.17, 15) is 12.8 Å². The fourth-order valence-corrected chi connectivity index (χ4v) is 8.85. The van der Waals surface area contributed by atoms with E-state index in [2.05, 4.69) is 20.0 Å². The molecule has 222 valence electrons. The summed E-state index contributed by atoms with van der Waals surface area (Å²) in [5, 5.41) is 4.71. The third-order valence-electron chi connectivity index (χ3n) is 6.45. The third kappa shape index (κ3) is 8.12. The summed E-state index contributed by atoms with van der Waals surface area (Å²) >= 11 is 6.48. The lowest BCUT2D eigenvalue weighted by Gasteiger charge is -2.16. The second-order valence-corrected chi connectivity index (χ2v) is 14.6. The first kappa shape index (κ1) is 30.5. The monoisotopic (exact) mass is 648 g/mol. The number of benzene rings is 3. The van der Waals surface area contributed by atoms with Gasteiger partial charge in [-0.25, -0.2) is 22.8 Å². The van der Waals surface area contributed by atoms with Crippen molar-refractivity contribution in [3.8, 4) is 11.5 Å². The van der Waals surface area contributed by atoms with Crippen LogP contribution in [0.25, 0.3) is 10.9 Å². The van der Waals surface area contributed by atoms with Gasteiger partial charge in [-0.15, -0.1) is 0 Å². The Morgan fingerprint density at radius 3 is 2.74 bits per heavy atom. The van der Waals surface area contributed by atoms with Crippen molar-refractivity contribution >= 4 is 71.3 Å². The van der Waals surface area contributed by atoms with Gasteiger partial charge in [-0.1, -0.05) is 45.3 Å². The second-order valence-electron chi connectivity index (χ2n) is 9.60. The second kappa shape index (κ2) is 14.0. The Labute approximate surface area is 257 Å². The largest absolute Gasteiger partial charge is 0.492 e. The van der Waals surface area contributed by atoms with Crippen molar-refractivity contribution in [1.82, 2.24) is 9.97 Å². The van der Waals surface area contributed by atoms with Crippen molar-refractivity contribution in [2.75, 3.05) is 28.2 Å². The number of nitrogens with one attached hydrogen (secondary N) is 2. The van der Waals surface area contributed by atoms with Crippen LogP contribution in [0.1, 0.15) is 31.7 Å². The molecule has 1 aliphatic heterocycles. The number of nitrogens with zero attached hydrogens (tertiary/aromatic N) is 2. The summed E-state index contributed by atoms with van der Waals surface area (Å²) in [6, 6.07) is 14.7. The fourth-order valence-electron chi connectivity index (χ4n) is 4.44. The number of rotatable bonds is 13. The Bertz CT molecular complexity index is 1660. The van der Waals surface area contributed by atoms with E-state index in [1.807, 2.05) is 28.5 Å². The quantitative estimate of drug-likeness (QED) is 0.140. The minimum Gasteiger partial charge on any atom is -0.492 e. The van der Waals surface area contributed by atoms with Crippen LogP contribution in [0, 0.1) is 5.82 Å². The van der Waals surface area contributed by atoms with E-state index in [0.29, 0.717) is 68.5 Å². The number of anilines is 3. The van der Waals surface area contributed by atoms with Crippen LogP contribution in [-0.4, -0.2) is 41.7 Å². The van der Waals surface area contributed by atoms with Crippen molar-refractivity contribution in [3.63, 3.8) is 0 Å². The molecule has 4 aromatic rings. The van der Waals surface area contributed by atoms with Crippen molar-refractivity contribution in [2.24, 2.45) is 0 Å². The molecule has 1 atom stereocenters. The van der Waals surface area contributed by atoms with Gasteiger partial charge in [0.05, 0.1) is 28.6 Å². The predicted molar refractivity (Wildman–Crippen MR) is 171 cm³/mol. The van der Waals surface area contributed by atoms with E-state index < -0.39 is 10.0 Å². The van der Waals surface area contributed by atoms with Gasteiger partial charge in [0.2, 0.25) is 10.0 Å². The van der Waals surface area contributed by atoms with E-state index in [1.165, 1.54) is 18.5 Å². The first-order chi connectivity index (χ1) is 20.3. The lowest BCUT2D eigenvalue weighted by Crippen LogP contribution is -2.18. The number of halogens is 2. The molecule has 42 heavy (non-hydrogen) atoms. The van der Waals surface area contributed by atoms with E-state index in [4.69, 9.17) is 21.1 Å². The standard InChI is InChI=1S/C29H30ClFN4O4S3/c1-2-38-28-16-25-23(15-26(28)35-42(36,37)12-4-7-22-10-11-40-41-22)29(33-18-32-25)34-21-8-9-27(24(30)14-21)39-17-19-5-3-6-20(31)13-19/h3,5-6,8-9,13-16,18,22,35H,2,4,7,10-12,17H2,1H3,(H,32,33,34). The van der Waals surface area contributed by atoms with Gasteiger partial charge in [0.1, 0.15) is 36.1 Å². The summed E-state index contributed by atoms with van der Waals surface area (Å²) in [5.74, 6) is 2.12. The summed E-state index contributed by atoms with van der Waals surface area (Å²) in [6.45, 7) is 2.36. The van der Waals surface area contributed by atoms with Crippen LogP contribution in [0.2, 0.25) is 5.02 Å². The fraction of sp³-hybridized carbons (Fsp3) is 0.310. The number of hydrogen-bond acceptors (Lipinski definition) is 9. The Balaban J connectivity index is 1.33. The lowest BCUT2D eigenvalue weighted by molar-refractivity contribution is 0.306. The molecule has 0 spiro atoms. The molecular weight excluding hydrogens is 619 g/mol. The van der Waals surface area contributed by atoms with Gasteiger partial charge in [0.25, 0.3) is 0 Å². The number of hydrogen-bond donors (Lipinski definition) is 2. The molecule has 13 heteroatoms. The number of aromatic nitrogens is 2. The minimum absolute atomic E-state index is 0.0286. The van der Waals surface area contributed by atoms with Crippen LogP contribution in [0.3, 0.4) is 0 Å². The highest BCUT2D eigenvalue weighted by Gasteiger charge is 2.20. The van der Waals surface area contributed by atoms with Crippen molar-refractivity contribution in [2.45, 2.75) is 38.0 Å². The normalized spacial score (nSPS) is 15.1. The van der Waals surface area contributed by atoms with Crippen LogP contribution in [0.5, 0.6) is 11.5 Å². The summed E-state index contributed by atoms with van der Waals surface area (Å²) in [4.78, 5) is 8.75. The first-order valence-corrected chi connectivity index (χ1v) is 17.8. The molecule has 1 unspecified atom stereocenters. The third-order valence-corrected chi connectivity index (χ3v) is 11.1. The van der Waals surface area contributed by atoms with Gasteiger partial charge >= 0.3 is 0 Å². The molecule has 0 bridgehead atoms. The molecule has 8 nitrogen and oxygen atoms in total. The highest BCUT2D eigenvalue weighted by Crippen LogP contribution is 2.40. The molecule has 0 aliphatic carbocycles. The molecule has 2 heterocycles. The maximum atomic E-state index is 13.5. The Kier molecular flexibility index (Phi) is 10.2. The molecule has 5 rings (SSSR count). The van der Waals surface area contributed by atoms with Crippen molar-refractivity contribution in [3.05, 3.63) is 77.3 Å². The van der Waals surface area contributed by atoms with Gasteiger partial charge in [0, 0.05) is 28.1 Å². The van der Waals surface area contributed by atoms with Crippen LogP contribution in [-0.2, 0) is 16.6 Å². The van der Waals surface area contributed by atoms with Crippen LogP contribution >= 0.6 is 33.2 Å². The smallest absolute Gasteiger partial charge is 0.232 e. The molecule has 0 saturated carbocycles. The average Bonchev–Trinajstić information content (AvgIpc) is 3.47. The van der Waals surface area contributed by atoms with Gasteiger partial charge in [-0.3, -0.25) is 4.72 Å². The summed E-state index contributed by atoms with van der Waals surface area (Å²) in [6.07, 6.45) is 3.99. The van der Waals surface area contributed by atoms with Gasteiger partial charge in [-0.05, 0) is 68.1 Å².